The average Bonchev–Trinajstić information content (AvgIpc) is 2.72. The topological polar surface area (TPSA) is 74.6 Å². The van der Waals surface area contributed by atoms with E-state index in [0.29, 0.717) is 12.8 Å². The lowest BCUT2D eigenvalue weighted by Gasteiger charge is -2.30. The number of fused-ring (bicyclic) bond motifs is 2. The molecule has 0 aromatic carbocycles. The molecule has 0 saturated heterocycles. The normalized spacial score (nSPS) is 42.1. The second-order valence-electron chi connectivity index (χ2n) is 4.49. The number of hydrogen-bond donors (Lipinski definition) is 2. The molecule has 0 aromatic rings. The van der Waals surface area contributed by atoms with Gasteiger partial charge in [-0.15, -0.1) is 0 Å². The van der Waals surface area contributed by atoms with E-state index in [-0.39, 0.29) is 5.92 Å². The average molecular weight is 210 g/mol. The molecule has 82 valence electrons. The van der Waals surface area contributed by atoms with Gasteiger partial charge in [0.15, 0.2) is 0 Å². The van der Waals surface area contributed by atoms with E-state index in [1.807, 2.05) is 19.1 Å². The Morgan fingerprint density at radius 3 is 2.53 bits per heavy atom. The van der Waals surface area contributed by atoms with Gasteiger partial charge in [-0.1, -0.05) is 19.1 Å². The first-order valence-corrected chi connectivity index (χ1v) is 5.17. The maximum atomic E-state index is 11.2. The minimum absolute atomic E-state index is 0.0939. The van der Waals surface area contributed by atoms with Crippen LogP contribution in [-0.2, 0) is 9.59 Å². The second-order valence-corrected chi connectivity index (χ2v) is 4.49. The van der Waals surface area contributed by atoms with Crippen molar-refractivity contribution < 1.29 is 19.8 Å². The molecular weight excluding hydrogens is 196 g/mol. The van der Waals surface area contributed by atoms with Gasteiger partial charge in [0.25, 0.3) is 0 Å². The summed E-state index contributed by atoms with van der Waals surface area (Å²) in [6, 6.07) is 0. The van der Waals surface area contributed by atoms with Crippen LogP contribution in [0.25, 0.3) is 0 Å². The van der Waals surface area contributed by atoms with Gasteiger partial charge in [-0.05, 0) is 18.8 Å². The fourth-order valence-corrected chi connectivity index (χ4v) is 3.18. The van der Waals surface area contributed by atoms with Crippen LogP contribution in [0.1, 0.15) is 19.8 Å². The highest BCUT2D eigenvalue weighted by Crippen LogP contribution is 2.58. The third-order valence-corrected chi connectivity index (χ3v) is 3.94. The zero-order chi connectivity index (χ0) is 11.2. The Labute approximate surface area is 87.6 Å². The van der Waals surface area contributed by atoms with Crippen LogP contribution >= 0.6 is 0 Å². The van der Waals surface area contributed by atoms with Crippen LogP contribution in [0.15, 0.2) is 12.2 Å². The lowest BCUT2D eigenvalue weighted by atomic mass is 9.72. The van der Waals surface area contributed by atoms with Gasteiger partial charge < -0.3 is 10.2 Å². The van der Waals surface area contributed by atoms with Crippen LogP contribution in [0, 0.1) is 23.2 Å². The van der Waals surface area contributed by atoms with Crippen molar-refractivity contribution in [3.05, 3.63) is 12.2 Å². The third kappa shape index (κ3) is 1.20. The van der Waals surface area contributed by atoms with Crippen molar-refractivity contribution in [3.63, 3.8) is 0 Å². The quantitative estimate of drug-likeness (QED) is 0.690. The van der Waals surface area contributed by atoms with Crippen LogP contribution in [0.4, 0.5) is 0 Å². The largest absolute Gasteiger partial charge is 0.481 e. The molecule has 15 heavy (non-hydrogen) atoms. The van der Waals surface area contributed by atoms with Gasteiger partial charge in [-0.3, -0.25) is 9.59 Å². The Balaban J connectivity index is 2.42. The predicted molar refractivity (Wildman–Crippen MR) is 52.2 cm³/mol. The first-order valence-electron chi connectivity index (χ1n) is 5.17. The number of aliphatic carboxylic acids is 2. The van der Waals surface area contributed by atoms with Gasteiger partial charge in [0, 0.05) is 5.41 Å². The van der Waals surface area contributed by atoms with E-state index in [0.717, 1.165) is 0 Å². The molecule has 4 heteroatoms. The minimum Gasteiger partial charge on any atom is -0.481 e. The molecule has 0 radical (unpaired) electrons. The van der Waals surface area contributed by atoms with Gasteiger partial charge in [-0.25, -0.2) is 0 Å². The van der Waals surface area contributed by atoms with Gasteiger partial charge in [0.1, 0.15) is 0 Å². The molecule has 0 amide bonds. The zero-order valence-electron chi connectivity index (χ0n) is 8.51. The molecule has 2 N–H and O–H groups in total. The van der Waals surface area contributed by atoms with E-state index in [1.165, 1.54) is 0 Å². The number of carboxylic acids is 2. The van der Waals surface area contributed by atoms with E-state index in [4.69, 9.17) is 10.2 Å². The maximum Gasteiger partial charge on any atom is 0.308 e. The molecule has 1 fully saturated rings. The molecule has 4 nitrogen and oxygen atoms in total. The summed E-state index contributed by atoms with van der Waals surface area (Å²) in [7, 11) is 0. The zero-order valence-corrected chi connectivity index (χ0v) is 8.51. The van der Waals surface area contributed by atoms with Crippen molar-refractivity contribution in [1.82, 2.24) is 0 Å². The van der Waals surface area contributed by atoms with Crippen LogP contribution in [-0.4, -0.2) is 22.2 Å². The molecule has 0 aliphatic heterocycles. The summed E-state index contributed by atoms with van der Waals surface area (Å²) in [5.74, 6) is -3.55. The highest BCUT2D eigenvalue weighted by Gasteiger charge is 2.59. The molecular formula is C11H14O4. The number of rotatable bonds is 3. The van der Waals surface area contributed by atoms with Crippen molar-refractivity contribution in [2.24, 2.45) is 23.2 Å². The summed E-state index contributed by atoms with van der Waals surface area (Å²) >= 11 is 0. The fraction of sp³-hybridized carbons (Fsp3) is 0.636. The molecule has 2 rings (SSSR count). The molecule has 2 bridgehead atoms. The smallest absolute Gasteiger partial charge is 0.308 e. The molecule has 4 atom stereocenters. The van der Waals surface area contributed by atoms with Crippen LogP contribution in [0.5, 0.6) is 0 Å². The Kier molecular flexibility index (Phi) is 2.10. The van der Waals surface area contributed by atoms with E-state index >= 15 is 0 Å². The monoisotopic (exact) mass is 210 g/mol. The predicted octanol–water partition coefficient (Wildman–Crippen LogP) is 1.37. The molecule has 0 spiro atoms. The number of carboxylic acid groups (broad SMARTS) is 2. The Hall–Kier alpha value is -1.32. The SMILES string of the molecule is CCC12C=CC(C1)C(C(=O)O)C2C(=O)O. The fourth-order valence-electron chi connectivity index (χ4n) is 3.18. The van der Waals surface area contributed by atoms with Crippen molar-refractivity contribution in [2.75, 3.05) is 0 Å². The molecule has 2 aliphatic carbocycles. The second kappa shape index (κ2) is 3.08. The lowest BCUT2D eigenvalue weighted by Crippen LogP contribution is -2.38. The van der Waals surface area contributed by atoms with E-state index < -0.39 is 29.2 Å². The summed E-state index contributed by atoms with van der Waals surface area (Å²) in [4.78, 5) is 22.2. The molecule has 1 saturated carbocycles. The molecule has 4 unspecified atom stereocenters. The molecule has 0 heterocycles. The Morgan fingerprint density at radius 1 is 1.40 bits per heavy atom. The van der Waals surface area contributed by atoms with Crippen molar-refractivity contribution >= 4 is 11.9 Å². The Bertz CT molecular complexity index is 346. The van der Waals surface area contributed by atoms with Gasteiger partial charge >= 0.3 is 11.9 Å². The maximum absolute atomic E-state index is 11.2. The van der Waals surface area contributed by atoms with Crippen molar-refractivity contribution in [2.45, 2.75) is 19.8 Å². The Morgan fingerprint density at radius 2 is 2.07 bits per heavy atom. The summed E-state index contributed by atoms with van der Waals surface area (Å²) < 4.78 is 0. The van der Waals surface area contributed by atoms with Crippen LogP contribution in [0.2, 0.25) is 0 Å². The molecule has 2 aliphatic rings. The third-order valence-electron chi connectivity index (χ3n) is 3.94. The number of allylic oxidation sites excluding steroid dienone is 2. The summed E-state index contributed by atoms with van der Waals surface area (Å²) in [5, 5.41) is 18.2. The number of hydrogen-bond acceptors (Lipinski definition) is 2. The summed E-state index contributed by atoms with van der Waals surface area (Å²) in [5.41, 5.74) is -0.417. The van der Waals surface area contributed by atoms with E-state index in [2.05, 4.69) is 0 Å². The van der Waals surface area contributed by atoms with E-state index in [9.17, 15) is 9.59 Å². The number of carbonyl (C=O) groups is 2. The lowest BCUT2D eigenvalue weighted by molar-refractivity contribution is -0.156. The molecule has 0 aromatic heterocycles. The van der Waals surface area contributed by atoms with Crippen LogP contribution in [0.3, 0.4) is 0 Å². The van der Waals surface area contributed by atoms with E-state index in [1.54, 1.807) is 0 Å². The first-order chi connectivity index (χ1) is 7.02. The first kappa shape index (κ1) is 10.2. The van der Waals surface area contributed by atoms with Gasteiger partial charge in [0.05, 0.1) is 11.8 Å². The summed E-state index contributed by atoms with van der Waals surface area (Å²) in [6.07, 6.45) is 5.16. The highest BCUT2D eigenvalue weighted by molar-refractivity contribution is 5.83. The minimum atomic E-state index is -0.980. The van der Waals surface area contributed by atoms with Crippen molar-refractivity contribution in [3.8, 4) is 0 Å². The van der Waals surface area contributed by atoms with Gasteiger partial charge in [0.2, 0.25) is 0 Å². The van der Waals surface area contributed by atoms with Crippen molar-refractivity contribution in [1.29, 1.82) is 0 Å². The standard InChI is InChI=1S/C11H14O4/c1-2-11-4-3-6(5-11)7(9(12)13)8(11)10(14)15/h3-4,6-8H,2,5H2,1H3,(H,12,13)(H,14,15). The van der Waals surface area contributed by atoms with Crippen LogP contribution < -0.4 is 0 Å². The van der Waals surface area contributed by atoms with Gasteiger partial charge in [-0.2, -0.15) is 0 Å². The summed E-state index contributed by atoms with van der Waals surface area (Å²) in [6.45, 7) is 1.92. The highest BCUT2D eigenvalue weighted by atomic mass is 16.4.